The third-order valence-electron chi connectivity index (χ3n) is 2.80. The molecule has 1 aromatic heterocycles. The second-order valence-electron chi connectivity index (χ2n) is 3.93. The SMILES string of the molecule is Clc1cnccc1NCCC1CCNC1. The van der Waals surface area contributed by atoms with E-state index in [9.17, 15) is 0 Å². The topological polar surface area (TPSA) is 37.0 Å². The highest BCUT2D eigenvalue weighted by Gasteiger charge is 2.13. The summed E-state index contributed by atoms with van der Waals surface area (Å²) in [7, 11) is 0. The van der Waals surface area contributed by atoms with Crippen molar-refractivity contribution >= 4 is 17.3 Å². The zero-order valence-corrected chi connectivity index (χ0v) is 9.43. The highest BCUT2D eigenvalue weighted by molar-refractivity contribution is 6.33. The lowest BCUT2D eigenvalue weighted by Gasteiger charge is -2.10. The minimum absolute atomic E-state index is 0.696. The van der Waals surface area contributed by atoms with E-state index in [1.165, 1.54) is 19.4 Å². The Morgan fingerprint density at radius 1 is 1.60 bits per heavy atom. The van der Waals surface area contributed by atoms with Gasteiger partial charge in [-0.3, -0.25) is 4.98 Å². The first-order valence-corrected chi connectivity index (χ1v) is 5.78. The summed E-state index contributed by atoms with van der Waals surface area (Å²) >= 11 is 5.98. The van der Waals surface area contributed by atoms with E-state index in [4.69, 9.17) is 11.6 Å². The summed E-state index contributed by atoms with van der Waals surface area (Å²) in [6.45, 7) is 3.31. The van der Waals surface area contributed by atoms with Gasteiger partial charge in [0.25, 0.3) is 0 Å². The van der Waals surface area contributed by atoms with Gasteiger partial charge < -0.3 is 10.6 Å². The van der Waals surface area contributed by atoms with Crippen molar-refractivity contribution < 1.29 is 0 Å². The number of pyridine rings is 1. The lowest BCUT2D eigenvalue weighted by molar-refractivity contribution is 0.549. The molecule has 1 fully saturated rings. The molecule has 1 unspecified atom stereocenters. The van der Waals surface area contributed by atoms with Crippen molar-refractivity contribution in [3.63, 3.8) is 0 Å². The van der Waals surface area contributed by atoms with Crippen molar-refractivity contribution in [1.29, 1.82) is 0 Å². The van der Waals surface area contributed by atoms with Gasteiger partial charge >= 0.3 is 0 Å². The predicted molar refractivity (Wildman–Crippen MR) is 63.3 cm³/mol. The van der Waals surface area contributed by atoms with Crippen LogP contribution in [-0.4, -0.2) is 24.6 Å². The van der Waals surface area contributed by atoms with Gasteiger partial charge in [-0.2, -0.15) is 0 Å². The largest absolute Gasteiger partial charge is 0.384 e. The standard InChI is InChI=1S/C11H16ClN3/c12-10-8-14-5-3-11(10)15-6-2-9-1-4-13-7-9/h3,5,8-9,13H,1-2,4,6-7H2,(H,14,15). The van der Waals surface area contributed by atoms with Crippen LogP contribution in [0.3, 0.4) is 0 Å². The summed E-state index contributed by atoms with van der Waals surface area (Å²) in [5.41, 5.74) is 0.984. The van der Waals surface area contributed by atoms with Crippen molar-refractivity contribution in [3.05, 3.63) is 23.5 Å². The second-order valence-corrected chi connectivity index (χ2v) is 4.34. The van der Waals surface area contributed by atoms with Crippen LogP contribution in [0.25, 0.3) is 0 Å². The van der Waals surface area contributed by atoms with Crippen LogP contribution in [0.4, 0.5) is 5.69 Å². The molecule has 1 aliphatic heterocycles. The van der Waals surface area contributed by atoms with Crippen molar-refractivity contribution in [3.8, 4) is 0 Å². The molecule has 2 N–H and O–H groups in total. The van der Waals surface area contributed by atoms with Gasteiger partial charge in [0, 0.05) is 18.9 Å². The fourth-order valence-electron chi connectivity index (χ4n) is 1.89. The molecule has 0 spiro atoms. The molecule has 15 heavy (non-hydrogen) atoms. The maximum Gasteiger partial charge on any atom is 0.0820 e. The molecule has 1 atom stereocenters. The fourth-order valence-corrected chi connectivity index (χ4v) is 2.08. The molecule has 0 amide bonds. The zero-order valence-electron chi connectivity index (χ0n) is 8.67. The predicted octanol–water partition coefficient (Wildman–Crippen LogP) is 2.15. The minimum Gasteiger partial charge on any atom is -0.384 e. The van der Waals surface area contributed by atoms with E-state index in [1.54, 1.807) is 12.4 Å². The Balaban J connectivity index is 1.75. The van der Waals surface area contributed by atoms with Gasteiger partial charge in [-0.15, -0.1) is 0 Å². The van der Waals surface area contributed by atoms with Crippen LogP contribution in [-0.2, 0) is 0 Å². The third-order valence-corrected chi connectivity index (χ3v) is 3.10. The van der Waals surface area contributed by atoms with Crippen LogP contribution in [0.1, 0.15) is 12.8 Å². The molecule has 82 valence electrons. The van der Waals surface area contributed by atoms with E-state index >= 15 is 0 Å². The molecule has 0 bridgehead atoms. The van der Waals surface area contributed by atoms with Gasteiger partial charge in [-0.05, 0) is 37.9 Å². The Hall–Kier alpha value is -0.800. The van der Waals surface area contributed by atoms with Gasteiger partial charge in [-0.25, -0.2) is 0 Å². The normalized spacial score (nSPS) is 20.5. The molecule has 0 aliphatic carbocycles. The highest BCUT2D eigenvalue weighted by Crippen LogP contribution is 2.20. The Morgan fingerprint density at radius 3 is 3.27 bits per heavy atom. The monoisotopic (exact) mass is 225 g/mol. The minimum atomic E-state index is 0.696. The summed E-state index contributed by atoms with van der Waals surface area (Å²) in [5.74, 6) is 0.818. The Morgan fingerprint density at radius 2 is 2.53 bits per heavy atom. The van der Waals surface area contributed by atoms with E-state index < -0.39 is 0 Å². The van der Waals surface area contributed by atoms with Crippen LogP contribution in [0.5, 0.6) is 0 Å². The summed E-state index contributed by atoms with van der Waals surface area (Å²) in [4.78, 5) is 3.95. The second kappa shape index (κ2) is 5.33. The summed E-state index contributed by atoms with van der Waals surface area (Å²) < 4.78 is 0. The van der Waals surface area contributed by atoms with Gasteiger partial charge in [0.1, 0.15) is 0 Å². The van der Waals surface area contributed by atoms with Gasteiger partial charge in [0.2, 0.25) is 0 Å². The first-order valence-electron chi connectivity index (χ1n) is 5.40. The molecule has 2 heterocycles. The van der Waals surface area contributed by atoms with Gasteiger partial charge in [0.15, 0.2) is 0 Å². The maximum absolute atomic E-state index is 5.98. The quantitative estimate of drug-likeness (QED) is 0.825. The fraction of sp³-hybridized carbons (Fsp3) is 0.545. The number of anilines is 1. The number of halogens is 1. The lowest BCUT2D eigenvalue weighted by atomic mass is 10.1. The van der Waals surface area contributed by atoms with Crippen LogP contribution in [0.15, 0.2) is 18.5 Å². The zero-order chi connectivity index (χ0) is 10.5. The van der Waals surface area contributed by atoms with E-state index in [1.807, 2.05) is 6.07 Å². The first-order chi connectivity index (χ1) is 7.36. The van der Waals surface area contributed by atoms with Gasteiger partial charge in [-0.1, -0.05) is 11.6 Å². The molecule has 0 aromatic carbocycles. The summed E-state index contributed by atoms with van der Waals surface area (Å²) in [6.07, 6.45) is 5.92. The smallest absolute Gasteiger partial charge is 0.0820 e. The van der Waals surface area contributed by atoms with Crippen LogP contribution in [0, 0.1) is 5.92 Å². The number of nitrogens with zero attached hydrogens (tertiary/aromatic N) is 1. The van der Waals surface area contributed by atoms with Crippen molar-refractivity contribution in [2.45, 2.75) is 12.8 Å². The Kier molecular flexibility index (Phi) is 3.80. The molecule has 1 aliphatic rings. The molecule has 1 aromatic rings. The van der Waals surface area contributed by atoms with Crippen LogP contribution < -0.4 is 10.6 Å². The van der Waals surface area contributed by atoms with E-state index in [0.29, 0.717) is 5.02 Å². The van der Waals surface area contributed by atoms with E-state index in [-0.39, 0.29) is 0 Å². The van der Waals surface area contributed by atoms with Crippen molar-refractivity contribution in [2.24, 2.45) is 5.92 Å². The van der Waals surface area contributed by atoms with Crippen molar-refractivity contribution in [2.75, 3.05) is 25.0 Å². The molecule has 1 saturated heterocycles. The molecular weight excluding hydrogens is 210 g/mol. The average molecular weight is 226 g/mol. The number of nitrogens with one attached hydrogen (secondary N) is 2. The maximum atomic E-state index is 5.98. The molecule has 0 saturated carbocycles. The molecule has 3 nitrogen and oxygen atoms in total. The first kappa shape index (κ1) is 10.7. The van der Waals surface area contributed by atoms with E-state index in [2.05, 4.69) is 15.6 Å². The Bertz CT molecular complexity index is 310. The molecule has 0 radical (unpaired) electrons. The average Bonchev–Trinajstić information content (AvgIpc) is 2.74. The number of hydrogen-bond donors (Lipinski definition) is 2. The third kappa shape index (κ3) is 3.08. The molecule has 2 rings (SSSR count). The molecular formula is C11H16ClN3. The van der Waals surface area contributed by atoms with Gasteiger partial charge in [0.05, 0.1) is 10.7 Å². The Labute approximate surface area is 95.2 Å². The van der Waals surface area contributed by atoms with Crippen molar-refractivity contribution in [1.82, 2.24) is 10.3 Å². The summed E-state index contributed by atoms with van der Waals surface area (Å²) in [6, 6.07) is 1.91. The number of hydrogen-bond acceptors (Lipinski definition) is 3. The summed E-state index contributed by atoms with van der Waals surface area (Å²) in [5, 5.41) is 7.40. The van der Waals surface area contributed by atoms with E-state index in [0.717, 1.165) is 24.7 Å². The highest BCUT2D eigenvalue weighted by atomic mass is 35.5. The molecule has 4 heteroatoms. The number of aromatic nitrogens is 1. The number of rotatable bonds is 4. The lowest BCUT2D eigenvalue weighted by Crippen LogP contribution is -2.12. The van der Waals surface area contributed by atoms with Crippen LogP contribution in [0.2, 0.25) is 5.02 Å². The van der Waals surface area contributed by atoms with Crippen LogP contribution >= 0.6 is 11.6 Å².